The molecule has 0 aliphatic carbocycles. The summed E-state index contributed by atoms with van der Waals surface area (Å²) in [5.41, 5.74) is 0.658. The summed E-state index contributed by atoms with van der Waals surface area (Å²) < 4.78 is 10.3. The van der Waals surface area contributed by atoms with Gasteiger partial charge in [-0.1, -0.05) is 6.92 Å². The first-order chi connectivity index (χ1) is 11.6. The summed E-state index contributed by atoms with van der Waals surface area (Å²) in [6.45, 7) is 2.55. The Morgan fingerprint density at radius 2 is 1.79 bits per heavy atom. The quantitative estimate of drug-likeness (QED) is 0.802. The first-order valence-electron chi connectivity index (χ1n) is 7.35. The Balaban J connectivity index is 2.10. The second-order valence-corrected chi connectivity index (χ2v) is 5.71. The number of ether oxygens (including phenoxy) is 2. The highest BCUT2D eigenvalue weighted by Gasteiger charge is 2.14. The van der Waals surface area contributed by atoms with E-state index in [9.17, 15) is 9.59 Å². The number of hydrogen-bond donors (Lipinski definition) is 2. The van der Waals surface area contributed by atoms with Crippen LogP contribution in [0.2, 0.25) is 0 Å². The average molecular weight is 349 g/mol. The van der Waals surface area contributed by atoms with Crippen LogP contribution in [-0.4, -0.2) is 37.6 Å². The van der Waals surface area contributed by atoms with E-state index in [1.54, 1.807) is 23.6 Å². The van der Waals surface area contributed by atoms with Crippen molar-refractivity contribution in [1.82, 2.24) is 10.3 Å². The Morgan fingerprint density at radius 3 is 2.38 bits per heavy atom. The highest BCUT2D eigenvalue weighted by Crippen LogP contribution is 2.24. The molecule has 0 unspecified atom stereocenters. The van der Waals surface area contributed by atoms with Crippen molar-refractivity contribution in [2.45, 2.75) is 13.3 Å². The third-order valence-electron chi connectivity index (χ3n) is 3.11. The summed E-state index contributed by atoms with van der Waals surface area (Å²) in [5.74, 6) is 0.412. The lowest BCUT2D eigenvalue weighted by Gasteiger charge is -2.08. The lowest BCUT2D eigenvalue weighted by Crippen LogP contribution is -2.24. The zero-order chi connectivity index (χ0) is 17.5. The molecule has 0 bridgehead atoms. The van der Waals surface area contributed by atoms with Crippen molar-refractivity contribution < 1.29 is 19.1 Å². The molecule has 0 atom stereocenters. The van der Waals surface area contributed by atoms with Crippen LogP contribution in [0.4, 0.5) is 5.13 Å². The predicted octanol–water partition coefficient (Wildman–Crippen LogP) is 2.55. The lowest BCUT2D eigenvalue weighted by atomic mass is 10.2. The maximum atomic E-state index is 12.3. The first kappa shape index (κ1) is 17.7. The van der Waals surface area contributed by atoms with Crippen LogP contribution in [0.1, 0.15) is 34.2 Å². The number of carbonyl (C=O) groups is 2. The number of benzene rings is 1. The number of carbonyl (C=O) groups excluding carboxylic acids is 2. The second-order valence-electron chi connectivity index (χ2n) is 4.85. The molecule has 0 spiro atoms. The molecule has 8 heteroatoms. The van der Waals surface area contributed by atoms with E-state index in [1.807, 2.05) is 6.92 Å². The Kier molecular flexibility index (Phi) is 6.14. The fourth-order valence-corrected chi connectivity index (χ4v) is 2.56. The molecular weight excluding hydrogens is 330 g/mol. The van der Waals surface area contributed by atoms with Gasteiger partial charge in [0.15, 0.2) is 5.13 Å². The molecule has 128 valence electrons. The van der Waals surface area contributed by atoms with Crippen molar-refractivity contribution in [3.63, 3.8) is 0 Å². The van der Waals surface area contributed by atoms with Gasteiger partial charge in [0.1, 0.15) is 17.2 Å². The van der Waals surface area contributed by atoms with Crippen LogP contribution < -0.4 is 20.1 Å². The monoisotopic (exact) mass is 349 g/mol. The van der Waals surface area contributed by atoms with Crippen LogP contribution in [0.25, 0.3) is 0 Å². The molecule has 1 heterocycles. The van der Waals surface area contributed by atoms with Crippen LogP contribution in [0, 0.1) is 0 Å². The molecule has 1 aromatic heterocycles. The fourth-order valence-electron chi connectivity index (χ4n) is 1.87. The van der Waals surface area contributed by atoms with Crippen LogP contribution >= 0.6 is 11.3 Å². The molecule has 0 saturated heterocycles. The van der Waals surface area contributed by atoms with E-state index in [0.717, 1.165) is 6.42 Å². The summed E-state index contributed by atoms with van der Waals surface area (Å²) in [5, 5.41) is 7.36. The summed E-state index contributed by atoms with van der Waals surface area (Å²) in [6.07, 6.45) is 0.844. The fraction of sp³-hybridized carbons (Fsp3) is 0.312. The zero-order valence-corrected chi connectivity index (χ0v) is 14.5. The molecule has 2 aromatic rings. The largest absolute Gasteiger partial charge is 0.497 e. The molecule has 2 amide bonds. The predicted molar refractivity (Wildman–Crippen MR) is 92.2 cm³/mol. The number of aromatic nitrogens is 1. The molecule has 0 radical (unpaired) electrons. The van der Waals surface area contributed by atoms with Crippen molar-refractivity contribution in [2.24, 2.45) is 0 Å². The van der Waals surface area contributed by atoms with E-state index < -0.39 is 0 Å². The number of thiazole rings is 1. The average Bonchev–Trinajstić information content (AvgIpc) is 3.07. The van der Waals surface area contributed by atoms with Crippen LogP contribution in [0.3, 0.4) is 0 Å². The first-order valence-corrected chi connectivity index (χ1v) is 8.23. The molecule has 0 aliphatic rings. The SMILES string of the molecule is CCCNC(=O)c1csc(NC(=O)c2cc(OC)cc(OC)c2)n1. The standard InChI is InChI=1S/C16H19N3O4S/c1-4-5-17-15(21)13-9-24-16(18-13)19-14(20)10-6-11(22-2)8-12(7-10)23-3/h6-9H,4-5H2,1-3H3,(H,17,21)(H,18,19,20). The van der Waals surface area contributed by atoms with Crippen LogP contribution in [0.15, 0.2) is 23.6 Å². The molecule has 0 aliphatic heterocycles. The highest BCUT2D eigenvalue weighted by atomic mass is 32.1. The van der Waals surface area contributed by atoms with Gasteiger partial charge in [-0.3, -0.25) is 14.9 Å². The van der Waals surface area contributed by atoms with E-state index in [2.05, 4.69) is 15.6 Å². The number of nitrogens with zero attached hydrogens (tertiary/aromatic N) is 1. The van der Waals surface area contributed by atoms with Crippen LogP contribution in [0.5, 0.6) is 11.5 Å². The normalized spacial score (nSPS) is 10.1. The Labute approximate surface area is 144 Å². The van der Waals surface area contributed by atoms with Gasteiger partial charge in [0.2, 0.25) is 0 Å². The third kappa shape index (κ3) is 4.45. The van der Waals surface area contributed by atoms with Gasteiger partial charge in [0, 0.05) is 23.6 Å². The van der Waals surface area contributed by atoms with Gasteiger partial charge in [-0.15, -0.1) is 11.3 Å². The number of amides is 2. The second kappa shape index (κ2) is 8.30. The number of nitrogens with one attached hydrogen (secondary N) is 2. The number of anilines is 1. The molecule has 7 nitrogen and oxygen atoms in total. The van der Waals surface area contributed by atoms with Gasteiger partial charge in [0.25, 0.3) is 11.8 Å². The minimum absolute atomic E-state index is 0.253. The Hall–Kier alpha value is -2.61. The van der Waals surface area contributed by atoms with Crippen molar-refractivity contribution in [3.05, 3.63) is 34.8 Å². The summed E-state index contributed by atoms with van der Waals surface area (Å²) in [7, 11) is 3.02. The minimum atomic E-state index is -0.359. The zero-order valence-electron chi connectivity index (χ0n) is 13.7. The van der Waals surface area contributed by atoms with E-state index in [4.69, 9.17) is 9.47 Å². The Morgan fingerprint density at radius 1 is 1.12 bits per heavy atom. The molecule has 0 saturated carbocycles. The van der Waals surface area contributed by atoms with E-state index in [1.165, 1.54) is 25.6 Å². The number of rotatable bonds is 7. The molecular formula is C16H19N3O4S. The van der Waals surface area contributed by atoms with Gasteiger partial charge >= 0.3 is 0 Å². The van der Waals surface area contributed by atoms with Crippen molar-refractivity contribution >= 4 is 28.3 Å². The molecule has 2 rings (SSSR count). The molecule has 1 aromatic carbocycles. The van der Waals surface area contributed by atoms with Crippen molar-refractivity contribution in [2.75, 3.05) is 26.1 Å². The smallest absolute Gasteiger partial charge is 0.270 e. The highest BCUT2D eigenvalue weighted by molar-refractivity contribution is 7.14. The Bertz CT molecular complexity index is 708. The van der Waals surface area contributed by atoms with Crippen LogP contribution in [-0.2, 0) is 0 Å². The maximum absolute atomic E-state index is 12.3. The lowest BCUT2D eigenvalue weighted by molar-refractivity contribution is 0.0948. The molecule has 2 N–H and O–H groups in total. The van der Waals surface area contributed by atoms with Gasteiger partial charge < -0.3 is 14.8 Å². The summed E-state index contributed by atoms with van der Waals surface area (Å²) in [6, 6.07) is 4.87. The van der Waals surface area contributed by atoms with E-state index in [0.29, 0.717) is 28.7 Å². The van der Waals surface area contributed by atoms with Gasteiger partial charge in [-0.2, -0.15) is 0 Å². The molecule has 0 fully saturated rings. The van der Waals surface area contributed by atoms with Crippen molar-refractivity contribution in [3.8, 4) is 11.5 Å². The molecule has 24 heavy (non-hydrogen) atoms. The minimum Gasteiger partial charge on any atom is -0.497 e. The summed E-state index contributed by atoms with van der Waals surface area (Å²) >= 11 is 1.19. The maximum Gasteiger partial charge on any atom is 0.270 e. The topological polar surface area (TPSA) is 89.6 Å². The summed E-state index contributed by atoms with van der Waals surface area (Å²) in [4.78, 5) is 28.3. The van der Waals surface area contributed by atoms with E-state index in [-0.39, 0.29) is 17.5 Å². The van der Waals surface area contributed by atoms with Gasteiger partial charge in [-0.05, 0) is 18.6 Å². The van der Waals surface area contributed by atoms with E-state index >= 15 is 0 Å². The number of hydrogen-bond acceptors (Lipinski definition) is 6. The third-order valence-corrected chi connectivity index (χ3v) is 3.86. The number of methoxy groups -OCH3 is 2. The van der Waals surface area contributed by atoms with Gasteiger partial charge in [0.05, 0.1) is 14.2 Å². The van der Waals surface area contributed by atoms with Crippen molar-refractivity contribution in [1.29, 1.82) is 0 Å². The van der Waals surface area contributed by atoms with Gasteiger partial charge in [-0.25, -0.2) is 4.98 Å².